The molecule has 3 aromatic carbocycles. The minimum Gasteiger partial charge on any atom is -0.494 e. The van der Waals surface area contributed by atoms with Gasteiger partial charge in [-0.3, -0.25) is 9.36 Å². The lowest BCUT2D eigenvalue weighted by molar-refractivity contribution is 0.406. The van der Waals surface area contributed by atoms with Crippen LogP contribution in [0.4, 0.5) is 0 Å². The van der Waals surface area contributed by atoms with Crippen LogP contribution in [0.3, 0.4) is 0 Å². The smallest absolute Gasteiger partial charge is 0.338 e. The van der Waals surface area contributed by atoms with Crippen molar-refractivity contribution in [3.8, 4) is 22.7 Å². The number of aromatic hydroxyl groups is 1. The fourth-order valence-electron chi connectivity index (χ4n) is 3.68. The van der Waals surface area contributed by atoms with Gasteiger partial charge in [0.25, 0.3) is 5.56 Å². The molecule has 0 atom stereocenters. The van der Waals surface area contributed by atoms with Gasteiger partial charge in [0.15, 0.2) is 0 Å². The number of hydrogen-bond acceptors (Lipinski definition) is 4. The molecule has 5 aromatic rings. The average molecular weight is 410 g/mol. The number of hydrogen-bond donors (Lipinski definition) is 2. The van der Waals surface area contributed by atoms with Gasteiger partial charge in [-0.25, -0.2) is 14.3 Å². The van der Waals surface area contributed by atoms with E-state index in [1.165, 1.54) is 0 Å². The number of para-hydroxylation sites is 3. The molecule has 0 saturated heterocycles. The number of benzene rings is 3. The number of fused-ring (bicyclic) bond motifs is 1. The molecule has 0 aliphatic carbocycles. The Balaban J connectivity index is 1.77. The van der Waals surface area contributed by atoms with E-state index in [2.05, 4.69) is 9.97 Å². The molecule has 0 amide bonds. The molecule has 5 rings (SSSR count). The van der Waals surface area contributed by atoms with E-state index in [1.54, 1.807) is 54.6 Å². The number of imidazole rings is 1. The molecule has 0 spiro atoms. The number of nitrogens with one attached hydrogen (secondary N) is 1. The second-order valence-electron chi connectivity index (χ2n) is 7.11. The monoisotopic (exact) mass is 410 g/mol. The van der Waals surface area contributed by atoms with Crippen LogP contribution in [-0.2, 0) is 6.54 Å². The Bertz CT molecular complexity index is 1470. The molecule has 0 saturated carbocycles. The van der Waals surface area contributed by atoms with Crippen molar-refractivity contribution in [3.05, 3.63) is 112 Å². The Kier molecular flexibility index (Phi) is 4.48. The lowest BCUT2D eigenvalue weighted by atomic mass is 10.1. The van der Waals surface area contributed by atoms with Crippen molar-refractivity contribution in [1.82, 2.24) is 19.1 Å². The number of H-pyrrole nitrogens is 1. The highest BCUT2D eigenvalue weighted by Gasteiger charge is 2.21. The predicted molar refractivity (Wildman–Crippen MR) is 119 cm³/mol. The van der Waals surface area contributed by atoms with Crippen molar-refractivity contribution < 1.29 is 5.11 Å². The van der Waals surface area contributed by atoms with E-state index in [4.69, 9.17) is 0 Å². The van der Waals surface area contributed by atoms with Gasteiger partial charge in [0.1, 0.15) is 11.4 Å². The van der Waals surface area contributed by atoms with E-state index in [0.717, 1.165) is 20.2 Å². The van der Waals surface area contributed by atoms with Gasteiger partial charge in [0.05, 0.1) is 23.3 Å². The summed E-state index contributed by atoms with van der Waals surface area (Å²) >= 11 is 0. The summed E-state index contributed by atoms with van der Waals surface area (Å²) in [6, 6.07) is 25.0. The Labute approximate surface area is 176 Å². The summed E-state index contributed by atoms with van der Waals surface area (Å²) in [4.78, 5) is 34.3. The second kappa shape index (κ2) is 7.46. The molecule has 0 bridgehead atoms. The van der Waals surface area contributed by atoms with Gasteiger partial charge in [-0.15, -0.1) is 0 Å². The predicted octanol–water partition coefficient (Wildman–Crippen LogP) is 3.30. The van der Waals surface area contributed by atoms with Gasteiger partial charge in [-0.1, -0.05) is 60.7 Å². The molecule has 0 aliphatic rings. The van der Waals surface area contributed by atoms with Crippen LogP contribution in [0, 0.1) is 0 Å². The molecule has 0 unspecified atom stereocenters. The normalized spacial score (nSPS) is 11.1. The number of nitrogens with zero attached hydrogens (tertiary/aromatic N) is 3. The van der Waals surface area contributed by atoms with E-state index >= 15 is 0 Å². The van der Waals surface area contributed by atoms with Crippen LogP contribution in [0.25, 0.3) is 27.8 Å². The molecule has 2 N–H and O–H groups in total. The van der Waals surface area contributed by atoms with Gasteiger partial charge < -0.3 is 10.1 Å². The second-order valence-corrected chi connectivity index (χ2v) is 7.11. The summed E-state index contributed by atoms with van der Waals surface area (Å²) in [6.45, 7) is -0.0215. The highest BCUT2D eigenvalue weighted by atomic mass is 16.3. The minimum atomic E-state index is -0.645. The number of rotatable bonds is 4. The van der Waals surface area contributed by atoms with Gasteiger partial charge in [-0.2, -0.15) is 0 Å². The van der Waals surface area contributed by atoms with Gasteiger partial charge in [-0.05, 0) is 29.8 Å². The average Bonchev–Trinajstić information content (AvgIpc) is 3.21. The molecule has 7 nitrogen and oxygen atoms in total. The molecule has 0 aliphatic heterocycles. The van der Waals surface area contributed by atoms with Crippen molar-refractivity contribution in [2.24, 2.45) is 0 Å². The SMILES string of the molecule is O=c1c(-c2ccccc2)c(O)n(Cc2nc3ccccc3[nH]2)c(=O)n1-c1ccccc1. The van der Waals surface area contributed by atoms with Crippen molar-refractivity contribution in [1.29, 1.82) is 0 Å². The first-order valence-corrected chi connectivity index (χ1v) is 9.77. The summed E-state index contributed by atoms with van der Waals surface area (Å²) in [5, 5.41) is 11.0. The minimum absolute atomic E-state index is 0.0215. The van der Waals surface area contributed by atoms with E-state index < -0.39 is 17.1 Å². The third-order valence-corrected chi connectivity index (χ3v) is 5.14. The van der Waals surface area contributed by atoms with Crippen molar-refractivity contribution in [2.45, 2.75) is 6.54 Å². The summed E-state index contributed by atoms with van der Waals surface area (Å²) in [6.07, 6.45) is 0. The number of aromatic nitrogens is 4. The van der Waals surface area contributed by atoms with Gasteiger partial charge in [0.2, 0.25) is 5.88 Å². The first-order chi connectivity index (χ1) is 15.1. The van der Waals surface area contributed by atoms with Crippen LogP contribution in [0.15, 0.2) is 94.5 Å². The maximum Gasteiger partial charge on any atom is 0.338 e. The van der Waals surface area contributed by atoms with E-state index in [-0.39, 0.29) is 12.1 Å². The van der Waals surface area contributed by atoms with E-state index in [1.807, 2.05) is 30.3 Å². The molecule has 0 radical (unpaired) electrons. The van der Waals surface area contributed by atoms with Gasteiger partial charge in [0, 0.05) is 0 Å². The summed E-state index contributed by atoms with van der Waals surface area (Å²) in [5.41, 5.74) is 1.35. The molecule has 152 valence electrons. The van der Waals surface area contributed by atoms with Crippen molar-refractivity contribution in [2.75, 3.05) is 0 Å². The quantitative estimate of drug-likeness (QED) is 0.475. The Morgan fingerprint density at radius 3 is 2.19 bits per heavy atom. The zero-order valence-corrected chi connectivity index (χ0v) is 16.4. The highest BCUT2D eigenvalue weighted by molar-refractivity contribution is 5.74. The maximum atomic E-state index is 13.3. The lowest BCUT2D eigenvalue weighted by Crippen LogP contribution is -2.39. The van der Waals surface area contributed by atoms with Crippen LogP contribution in [-0.4, -0.2) is 24.2 Å². The molecular weight excluding hydrogens is 392 g/mol. The largest absolute Gasteiger partial charge is 0.494 e. The van der Waals surface area contributed by atoms with E-state index in [9.17, 15) is 14.7 Å². The van der Waals surface area contributed by atoms with Crippen LogP contribution in [0.2, 0.25) is 0 Å². The lowest BCUT2D eigenvalue weighted by Gasteiger charge is -2.15. The van der Waals surface area contributed by atoms with Gasteiger partial charge >= 0.3 is 5.69 Å². The van der Waals surface area contributed by atoms with E-state index in [0.29, 0.717) is 17.1 Å². The maximum absolute atomic E-state index is 13.3. The third-order valence-electron chi connectivity index (χ3n) is 5.14. The van der Waals surface area contributed by atoms with Crippen LogP contribution >= 0.6 is 0 Å². The summed E-state index contributed by atoms with van der Waals surface area (Å²) in [5.74, 6) is 0.102. The molecular formula is C24H18N4O3. The van der Waals surface area contributed by atoms with Crippen molar-refractivity contribution >= 4 is 11.0 Å². The summed E-state index contributed by atoms with van der Waals surface area (Å²) in [7, 11) is 0. The van der Waals surface area contributed by atoms with Crippen LogP contribution in [0.1, 0.15) is 5.82 Å². The van der Waals surface area contributed by atoms with Crippen molar-refractivity contribution in [3.63, 3.8) is 0 Å². The molecule has 2 aromatic heterocycles. The zero-order chi connectivity index (χ0) is 21.4. The Morgan fingerprint density at radius 1 is 0.839 bits per heavy atom. The number of aromatic amines is 1. The fraction of sp³-hybridized carbons (Fsp3) is 0.0417. The first-order valence-electron chi connectivity index (χ1n) is 9.77. The standard InChI is InChI=1S/C24H18N4O3/c29-22-21(16-9-3-1-4-10-16)23(30)28(17-11-5-2-6-12-17)24(31)27(22)15-20-25-18-13-7-8-14-19(18)26-20/h1-14,29H,15H2,(H,25,26). The molecule has 7 heteroatoms. The molecule has 0 fully saturated rings. The Hall–Kier alpha value is -4.39. The summed E-state index contributed by atoms with van der Waals surface area (Å²) < 4.78 is 2.24. The van der Waals surface area contributed by atoms with Crippen LogP contribution < -0.4 is 11.2 Å². The zero-order valence-electron chi connectivity index (χ0n) is 16.4. The van der Waals surface area contributed by atoms with Crippen LogP contribution in [0.5, 0.6) is 5.88 Å². The molecule has 31 heavy (non-hydrogen) atoms. The highest BCUT2D eigenvalue weighted by Crippen LogP contribution is 2.25. The topological polar surface area (TPSA) is 92.9 Å². The Morgan fingerprint density at radius 2 is 1.48 bits per heavy atom. The third kappa shape index (κ3) is 3.22. The fourth-order valence-corrected chi connectivity index (χ4v) is 3.68. The first kappa shape index (κ1) is 18.6. The molecule has 2 heterocycles.